The molecule has 2 N–H and O–H groups in total. The lowest BCUT2D eigenvalue weighted by molar-refractivity contribution is 0.354. The maximum Gasteiger partial charge on any atom is 0.161 e. The minimum Gasteiger partial charge on any atom is -0.493 e. The second-order valence-corrected chi connectivity index (χ2v) is 5.29. The maximum absolute atomic E-state index is 14.0. The first-order valence-corrected chi connectivity index (χ1v) is 6.89. The number of methoxy groups -OCH3 is 2. The van der Waals surface area contributed by atoms with Crippen molar-refractivity contribution >= 4 is 15.9 Å². The molecule has 3 nitrogen and oxygen atoms in total. The summed E-state index contributed by atoms with van der Waals surface area (Å²) in [4.78, 5) is 0. The van der Waals surface area contributed by atoms with Crippen LogP contribution in [0.2, 0.25) is 0 Å². The molecule has 0 saturated carbocycles. The average Bonchev–Trinajstić information content (AvgIpc) is 2.45. The molecule has 1 atom stereocenters. The molecule has 0 saturated heterocycles. The molecule has 0 amide bonds. The Morgan fingerprint density at radius 1 is 1.00 bits per heavy atom. The minimum absolute atomic E-state index is 0.189. The molecule has 112 valence electrons. The molecular weight excluding hydrogens is 344 g/mol. The lowest BCUT2D eigenvalue weighted by Crippen LogP contribution is -2.16. The van der Waals surface area contributed by atoms with E-state index in [1.54, 1.807) is 18.2 Å². The quantitative estimate of drug-likeness (QED) is 0.905. The first kappa shape index (κ1) is 15.7. The summed E-state index contributed by atoms with van der Waals surface area (Å²) < 4.78 is 38.5. The number of ether oxygens (including phenoxy) is 2. The lowest BCUT2D eigenvalue weighted by Gasteiger charge is -2.17. The first-order chi connectivity index (χ1) is 9.97. The highest BCUT2D eigenvalue weighted by atomic mass is 79.9. The smallest absolute Gasteiger partial charge is 0.161 e. The molecule has 21 heavy (non-hydrogen) atoms. The van der Waals surface area contributed by atoms with Gasteiger partial charge >= 0.3 is 0 Å². The van der Waals surface area contributed by atoms with Crippen LogP contribution in [0.25, 0.3) is 0 Å². The molecule has 0 aromatic heterocycles. The van der Waals surface area contributed by atoms with Crippen molar-refractivity contribution in [3.05, 3.63) is 57.6 Å². The van der Waals surface area contributed by atoms with E-state index in [4.69, 9.17) is 15.2 Å². The van der Waals surface area contributed by atoms with Gasteiger partial charge < -0.3 is 15.2 Å². The third-order valence-electron chi connectivity index (χ3n) is 3.12. The van der Waals surface area contributed by atoms with Gasteiger partial charge in [0, 0.05) is 10.0 Å². The summed E-state index contributed by atoms with van der Waals surface area (Å²) in [5, 5.41) is 0. The number of benzene rings is 2. The van der Waals surface area contributed by atoms with Gasteiger partial charge in [-0.05, 0) is 29.8 Å². The summed E-state index contributed by atoms with van der Waals surface area (Å²) in [6.07, 6.45) is 0. The summed E-state index contributed by atoms with van der Waals surface area (Å²) in [7, 11) is 2.99. The van der Waals surface area contributed by atoms with Crippen LogP contribution < -0.4 is 15.2 Å². The normalized spacial score (nSPS) is 12.1. The van der Waals surface area contributed by atoms with Crippen molar-refractivity contribution in [1.82, 2.24) is 0 Å². The van der Waals surface area contributed by atoms with E-state index in [-0.39, 0.29) is 5.56 Å². The van der Waals surface area contributed by atoms with Crippen molar-refractivity contribution in [2.24, 2.45) is 5.73 Å². The van der Waals surface area contributed by atoms with Crippen LogP contribution in [0.5, 0.6) is 11.5 Å². The Balaban J connectivity index is 2.47. The van der Waals surface area contributed by atoms with E-state index < -0.39 is 17.7 Å². The van der Waals surface area contributed by atoms with Gasteiger partial charge in [-0.3, -0.25) is 0 Å². The number of halogens is 3. The molecule has 0 aliphatic carbocycles. The molecule has 2 aromatic rings. The summed E-state index contributed by atoms with van der Waals surface area (Å²) in [5.41, 5.74) is 6.32. The Kier molecular flexibility index (Phi) is 4.80. The van der Waals surface area contributed by atoms with Crippen molar-refractivity contribution in [3.8, 4) is 11.5 Å². The number of hydrogen-bond acceptors (Lipinski definition) is 3. The maximum atomic E-state index is 14.0. The van der Waals surface area contributed by atoms with E-state index in [1.165, 1.54) is 26.4 Å². The Morgan fingerprint density at radius 3 is 2.10 bits per heavy atom. The van der Waals surface area contributed by atoms with Crippen molar-refractivity contribution in [2.45, 2.75) is 6.04 Å². The van der Waals surface area contributed by atoms with Gasteiger partial charge in [-0.1, -0.05) is 22.0 Å². The van der Waals surface area contributed by atoms with Crippen molar-refractivity contribution in [3.63, 3.8) is 0 Å². The molecule has 2 rings (SSSR count). The van der Waals surface area contributed by atoms with Gasteiger partial charge in [0.2, 0.25) is 0 Å². The molecule has 0 aliphatic rings. The predicted molar refractivity (Wildman–Crippen MR) is 79.6 cm³/mol. The van der Waals surface area contributed by atoms with Gasteiger partial charge in [-0.15, -0.1) is 0 Å². The minimum atomic E-state index is -0.946. The van der Waals surface area contributed by atoms with Crippen LogP contribution in [-0.2, 0) is 0 Å². The van der Waals surface area contributed by atoms with Crippen LogP contribution in [-0.4, -0.2) is 14.2 Å². The fraction of sp³-hybridized carbons (Fsp3) is 0.200. The zero-order chi connectivity index (χ0) is 15.6. The van der Waals surface area contributed by atoms with Crippen LogP contribution in [0.1, 0.15) is 17.2 Å². The predicted octanol–water partition coefficient (Wildman–Crippen LogP) is 3.79. The van der Waals surface area contributed by atoms with Gasteiger partial charge in [0.05, 0.1) is 20.3 Å². The summed E-state index contributed by atoms with van der Waals surface area (Å²) in [6.45, 7) is 0. The molecular formula is C15H14BrF2NO2. The van der Waals surface area contributed by atoms with Gasteiger partial charge in [-0.25, -0.2) is 8.78 Å². The number of rotatable bonds is 4. The third-order valence-corrected chi connectivity index (χ3v) is 3.58. The van der Waals surface area contributed by atoms with Gasteiger partial charge in [-0.2, -0.15) is 0 Å². The standard InChI is InChI=1S/C15H14BrF2NO2/c1-20-12-4-3-8(5-13(12)21-2)15(19)14-10(17)6-9(16)7-11(14)18/h3-7,15H,19H2,1-2H3. The lowest BCUT2D eigenvalue weighted by atomic mass is 9.98. The van der Waals surface area contributed by atoms with Crippen LogP contribution in [0.15, 0.2) is 34.8 Å². The van der Waals surface area contributed by atoms with E-state index in [0.29, 0.717) is 21.5 Å². The summed E-state index contributed by atoms with van der Waals surface area (Å²) in [6, 6.07) is 6.30. The molecule has 0 fully saturated rings. The Labute approximate surface area is 129 Å². The second kappa shape index (κ2) is 6.41. The second-order valence-electron chi connectivity index (χ2n) is 4.38. The number of nitrogens with two attached hydrogens (primary N) is 1. The number of hydrogen-bond donors (Lipinski definition) is 1. The molecule has 0 radical (unpaired) electrons. The molecule has 2 aromatic carbocycles. The fourth-order valence-electron chi connectivity index (χ4n) is 2.06. The SMILES string of the molecule is COc1ccc(C(N)c2c(F)cc(Br)cc2F)cc1OC. The molecule has 0 heterocycles. The Hall–Kier alpha value is -1.66. The summed E-state index contributed by atoms with van der Waals surface area (Å²) in [5.74, 6) is -0.443. The highest BCUT2D eigenvalue weighted by Crippen LogP contribution is 2.33. The van der Waals surface area contributed by atoms with Crippen LogP contribution in [0.4, 0.5) is 8.78 Å². The average molecular weight is 358 g/mol. The van der Waals surface area contributed by atoms with Crippen molar-refractivity contribution < 1.29 is 18.3 Å². The van der Waals surface area contributed by atoms with Crippen molar-refractivity contribution in [1.29, 1.82) is 0 Å². The van der Waals surface area contributed by atoms with Crippen LogP contribution in [0.3, 0.4) is 0 Å². The van der Waals surface area contributed by atoms with Crippen LogP contribution in [0, 0.1) is 11.6 Å². The topological polar surface area (TPSA) is 44.5 Å². The summed E-state index contributed by atoms with van der Waals surface area (Å²) >= 11 is 3.04. The molecule has 0 bridgehead atoms. The van der Waals surface area contributed by atoms with E-state index >= 15 is 0 Å². The molecule has 0 spiro atoms. The van der Waals surface area contributed by atoms with E-state index in [2.05, 4.69) is 15.9 Å². The Bertz CT molecular complexity index is 641. The van der Waals surface area contributed by atoms with Crippen molar-refractivity contribution in [2.75, 3.05) is 14.2 Å². The van der Waals surface area contributed by atoms with Gasteiger partial charge in [0.25, 0.3) is 0 Å². The first-order valence-electron chi connectivity index (χ1n) is 6.10. The zero-order valence-electron chi connectivity index (χ0n) is 11.5. The molecule has 1 unspecified atom stereocenters. The van der Waals surface area contributed by atoms with E-state index in [0.717, 1.165) is 0 Å². The van der Waals surface area contributed by atoms with E-state index in [1.807, 2.05) is 0 Å². The van der Waals surface area contributed by atoms with Gasteiger partial charge in [0.1, 0.15) is 11.6 Å². The van der Waals surface area contributed by atoms with Crippen LogP contribution >= 0.6 is 15.9 Å². The van der Waals surface area contributed by atoms with Gasteiger partial charge in [0.15, 0.2) is 11.5 Å². The molecule has 0 aliphatic heterocycles. The highest BCUT2D eigenvalue weighted by Gasteiger charge is 2.20. The van der Waals surface area contributed by atoms with E-state index in [9.17, 15) is 8.78 Å². The zero-order valence-corrected chi connectivity index (χ0v) is 13.1. The highest BCUT2D eigenvalue weighted by molar-refractivity contribution is 9.10. The Morgan fingerprint density at radius 2 is 1.57 bits per heavy atom. The molecule has 6 heteroatoms. The third kappa shape index (κ3) is 3.16. The largest absolute Gasteiger partial charge is 0.493 e. The monoisotopic (exact) mass is 357 g/mol. The fourth-order valence-corrected chi connectivity index (χ4v) is 2.47.